The van der Waals surface area contributed by atoms with E-state index in [0.29, 0.717) is 6.61 Å². The number of aryl methyl sites for hydroxylation is 2. The van der Waals surface area contributed by atoms with E-state index >= 15 is 0 Å². The van der Waals surface area contributed by atoms with Crippen molar-refractivity contribution in [1.82, 2.24) is 15.1 Å². The molecule has 0 bridgehead atoms. The highest BCUT2D eigenvalue weighted by Gasteiger charge is 2.11. The van der Waals surface area contributed by atoms with E-state index in [2.05, 4.69) is 42.6 Å². The molecule has 0 spiro atoms. The molecule has 0 radical (unpaired) electrons. The van der Waals surface area contributed by atoms with Gasteiger partial charge < -0.3 is 10.1 Å². The average Bonchev–Trinajstić information content (AvgIpc) is 2.92. The molecule has 1 aromatic carbocycles. The van der Waals surface area contributed by atoms with E-state index in [1.807, 2.05) is 30.1 Å². The third kappa shape index (κ3) is 4.60. The highest BCUT2D eigenvalue weighted by atomic mass is 16.5. The van der Waals surface area contributed by atoms with Gasteiger partial charge in [-0.1, -0.05) is 19.1 Å². The van der Waals surface area contributed by atoms with Crippen LogP contribution in [0.1, 0.15) is 36.9 Å². The summed E-state index contributed by atoms with van der Waals surface area (Å²) in [5.41, 5.74) is 2.44. The van der Waals surface area contributed by atoms with Crippen molar-refractivity contribution < 1.29 is 4.74 Å². The van der Waals surface area contributed by atoms with E-state index in [9.17, 15) is 0 Å². The van der Waals surface area contributed by atoms with E-state index in [1.165, 1.54) is 11.1 Å². The van der Waals surface area contributed by atoms with E-state index in [-0.39, 0.29) is 6.04 Å². The van der Waals surface area contributed by atoms with E-state index < -0.39 is 0 Å². The molecule has 0 amide bonds. The van der Waals surface area contributed by atoms with Crippen LogP contribution in [0, 0.1) is 6.92 Å². The molecule has 1 heterocycles. The minimum atomic E-state index is 0.278. The first-order valence-corrected chi connectivity index (χ1v) is 7.62. The topological polar surface area (TPSA) is 39.1 Å². The molecule has 1 N–H and O–H groups in total. The van der Waals surface area contributed by atoms with Crippen LogP contribution in [-0.2, 0) is 6.54 Å². The summed E-state index contributed by atoms with van der Waals surface area (Å²) in [6.07, 6.45) is 6.09. The Morgan fingerprint density at radius 2 is 2.24 bits per heavy atom. The summed E-state index contributed by atoms with van der Waals surface area (Å²) >= 11 is 0. The molecular weight excluding hydrogens is 262 g/mol. The van der Waals surface area contributed by atoms with Crippen molar-refractivity contribution in [2.75, 3.05) is 13.7 Å². The zero-order valence-electron chi connectivity index (χ0n) is 13.2. The Bertz CT molecular complexity index is 550. The van der Waals surface area contributed by atoms with Crippen LogP contribution in [-0.4, -0.2) is 23.4 Å². The fourth-order valence-electron chi connectivity index (χ4n) is 2.39. The number of hydrogen-bond acceptors (Lipinski definition) is 3. The molecule has 0 aliphatic rings. The SMILES string of the molecule is CCCn1cc(C(CCOc2cccc(C)c2)NC)cn1. The van der Waals surface area contributed by atoms with Crippen molar-refractivity contribution in [3.8, 4) is 5.75 Å². The molecule has 4 nitrogen and oxygen atoms in total. The molecular formula is C17H25N3O. The maximum Gasteiger partial charge on any atom is 0.119 e. The van der Waals surface area contributed by atoms with Crippen LogP contribution in [0.4, 0.5) is 0 Å². The number of hydrogen-bond donors (Lipinski definition) is 1. The first kappa shape index (κ1) is 15.6. The Balaban J connectivity index is 1.87. The van der Waals surface area contributed by atoms with Crippen LogP contribution in [0.15, 0.2) is 36.7 Å². The third-order valence-corrected chi connectivity index (χ3v) is 3.52. The predicted molar refractivity (Wildman–Crippen MR) is 85.6 cm³/mol. The van der Waals surface area contributed by atoms with Crippen LogP contribution in [0.3, 0.4) is 0 Å². The minimum absolute atomic E-state index is 0.278. The van der Waals surface area contributed by atoms with Crippen molar-refractivity contribution in [2.45, 2.75) is 39.3 Å². The second-order valence-corrected chi connectivity index (χ2v) is 5.33. The van der Waals surface area contributed by atoms with Crippen molar-refractivity contribution in [3.05, 3.63) is 47.8 Å². The lowest BCUT2D eigenvalue weighted by atomic mass is 10.1. The lowest BCUT2D eigenvalue weighted by Crippen LogP contribution is -2.18. The quantitative estimate of drug-likeness (QED) is 0.809. The van der Waals surface area contributed by atoms with E-state index in [1.54, 1.807) is 0 Å². The number of ether oxygens (including phenoxy) is 1. The van der Waals surface area contributed by atoms with Gasteiger partial charge in [0.1, 0.15) is 5.75 Å². The van der Waals surface area contributed by atoms with Crippen molar-refractivity contribution in [3.63, 3.8) is 0 Å². The maximum absolute atomic E-state index is 5.83. The number of nitrogens with one attached hydrogen (secondary N) is 1. The normalized spacial score (nSPS) is 12.3. The van der Waals surface area contributed by atoms with Crippen LogP contribution < -0.4 is 10.1 Å². The number of aromatic nitrogens is 2. The van der Waals surface area contributed by atoms with E-state index in [4.69, 9.17) is 4.74 Å². The van der Waals surface area contributed by atoms with Gasteiger partial charge in [0.05, 0.1) is 12.8 Å². The smallest absolute Gasteiger partial charge is 0.119 e. The summed E-state index contributed by atoms with van der Waals surface area (Å²) in [6, 6.07) is 8.44. The molecule has 1 atom stereocenters. The van der Waals surface area contributed by atoms with Crippen molar-refractivity contribution in [2.24, 2.45) is 0 Å². The second-order valence-electron chi connectivity index (χ2n) is 5.33. The molecule has 1 aromatic heterocycles. The van der Waals surface area contributed by atoms with Crippen LogP contribution in [0.5, 0.6) is 5.75 Å². The van der Waals surface area contributed by atoms with Gasteiger partial charge in [0.2, 0.25) is 0 Å². The largest absolute Gasteiger partial charge is 0.494 e. The molecule has 2 aromatic rings. The predicted octanol–water partition coefficient (Wildman–Crippen LogP) is 3.33. The zero-order chi connectivity index (χ0) is 15.1. The van der Waals surface area contributed by atoms with Gasteiger partial charge in [0.15, 0.2) is 0 Å². The minimum Gasteiger partial charge on any atom is -0.494 e. The van der Waals surface area contributed by atoms with Gasteiger partial charge in [0, 0.05) is 30.8 Å². The Morgan fingerprint density at radius 3 is 2.95 bits per heavy atom. The van der Waals surface area contributed by atoms with E-state index in [0.717, 1.165) is 25.1 Å². The lowest BCUT2D eigenvalue weighted by molar-refractivity contribution is 0.290. The van der Waals surface area contributed by atoms with Gasteiger partial charge in [-0.2, -0.15) is 5.10 Å². The number of benzene rings is 1. The molecule has 1 unspecified atom stereocenters. The molecule has 2 rings (SSSR count). The van der Waals surface area contributed by atoms with Gasteiger partial charge in [-0.05, 0) is 38.1 Å². The summed E-state index contributed by atoms with van der Waals surface area (Å²) in [5, 5.41) is 7.73. The van der Waals surface area contributed by atoms with Crippen molar-refractivity contribution in [1.29, 1.82) is 0 Å². The van der Waals surface area contributed by atoms with Gasteiger partial charge in [-0.15, -0.1) is 0 Å². The molecule has 0 saturated heterocycles. The Hall–Kier alpha value is -1.81. The van der Waals surface area contributed by atoms with Crippen LogP contribution in [0.2, 0.25) is 0 Å². The molecule has 0 fully saturated rings. The average molecular weight is 287 g/mol. The molecule has 0 saturated carbocycles. The first-order chi connectivity index (χ1) is 10.2. The number of rotatable bonds is 8. The molecule has 0 aliphatic carbocycles. The fraction of sp³-hybridized carbons (Fsp3) is 0.471. The van der Waals surface area contributed by atoms with Crippen LogP contribution >= 0.6 is 0 Å². The molecule has 0 aliphatic heterocycles. The zero-order valence-corrected chi connectivity index (χ0v) is 13.2. The monoisotopic (exact) mass is 287 g/mol. The Kier molecular flexibility index (Phi) is 5.81. The van der Waals surface area contributed by atoms with Crippen molar-refractivity contribution >= 4 is 0 Å². The molecule has 4 heteroatoms. The van der Waals surface area contributed by atoms with Gasteiger partial charge >= 0.3 is 0 Å². The maximum atomic E-state index is 5.83. The standard InChI is InChI=1S/C17H25N3O/c1-4-9-20-13-15(12-19-20)17(18-3)8-10-21-16-7-5-6-14(2)11-16/h5-7,11-13,17-18H,4,8-10H2,1-3H3. The first-order valence-electron chi connectivity index (χ1n) is 7.62. The summed E-state index contributed by atoms with van der Waals surface area (Å²) in [7, 11) is 1.98. The lowest BCUT2D eigenvalue weighted by Gasteiger charge is -2.15. The second kappa shape index (κ2) is 7.84. The third-order valence-electron chi connectivity index (χ3n) is 3.52. The van der Waals surface area contributed by atoms with Gasteiger partial charge in [-0.25, -0.2) is 0 Å². The summed E-state index contributed by atoms with van der Waals surface area (Å²) < 4.78 is 7.83. The number of nitrogens with zero attached hydrogens (tertiary/aromatic N) is 2. The van der Waals surface area contributed by atoms with Gasteiger partial charge in [-0.3, -0.25) is 4.68 Å². The van der Waals surface area contributed by atoms with Gasteiger partial charge in [0.25, 0.3) is 0 Å². The summed E-state index contributed by atoms with van der Waals surface area (Å²) in [6.45, 7) is 5.89. The highest BCUT2D eigenvalue weighted by Crippen LogP contribution is 2.18. The summed E-state index contributed by atoms with van der Waals surface area (Å²) in [5.74, 6) is 0.937. The fourth-order valence-corrected chi connectivity index (χ4v) is 2.39. The van der Waals surface area contributed by atoms with Crippen LogP contribution in [0.25, 0.3) is 0 Å². The highest BCUT2D eigenvalue weighted by molar-refractivity contribution is 5.27. The molecule has 114 valence electrons. The summed E-state index contributed by atoms with van der Waals surface area (Å²) in [4.78, 5) is 0. The molecule has 21 heavy (non-hydrogen) atoms. The Morgan fingerprint density at radius 1 is 1.38 bits per heavy atom. The Labute approximate surface area is 127 Å².